The molecule has 4 rings (SSSR count). The Morgan fingerprint density at radius 1 is 1.21 bits per heavy atom. The fourth-order valence-electron chi connectivity index (χ4n) is 3.62. The summed E-state index contributed by atoms with van der Waals surface area (Å²) in [4.78, 5) is 0.715. The topological polar surface area (TPSA) is 98.9 Å². The van der Waals surface area contributed by atoms with Crippen LogP contribution in [-0.4, -0.2) is 66.1 Å². The van der Waals surface area contributed by atoms with Crippen LogP contribution in [-0.2, 0) is 16.4 Å². The van der Waals surface area contributed by atoms with Gasteiger partial charge in [0.1, 0.15) is 5.01 Å². The average Bonchev–Trinajstić information content (AvgIpc) is 3.27. The van der Waals surface area contributed by atoms with Gasteiger partial charge in [-0.15, -0.1) is 10.2 Å². The van der Waals surface area contributed by atoms with Crippen molar-refractivity contribution in [2.75, 3.05) is 33.6 Å². The van der Waals surface area contributed by atoms with Crippen LogP contribution in [0.1, 0.15) is 35.2 Å². The van der Waals surface area contributed by atoms with E-state index in [1.165, 1.54) is 21.9 Å². The first-order chi connectivity index (χ1) is 13.9. The third-order valence-electron chi connectivity index (χ3n) is 5.08. The highest BCUT2D eigenvalue weighted by Gasteiger charge is 2.30. The Bertz CT molecular complexity index is 1120. The molecule has 1 fully saturated rings. The summed E-state index contributed by atoms with van der Waals surface area (Å²) in [6.45, 7) is 0.973. The Balaban J connectivity index is 1.58. The molecule has 0 aliphatic carbocycles. The molecule has 156 valence electrons. The minimum atomic E-state index is -3.22. The van der Waals surface area contributed by atoms with E-state index in [1.54, 1.807) is 18.7 Å². The predicted molar refractivity (Wildman–Crippen MR) is 109 cm³/mol. The number of fused-ring (bicyclic) bond motifs is 1. The van der Waals surface area contributed by atoms with Gasteiger partial charge in [0.25, 0.3) is 0 Å². The molecule has 11 heteroatoms. The van der Waals surface area contributed by atoms with Gasteiger partial charge in [-0.1, -0.05) is 17.4 Å². The van der Waals surface area contributed by atoms with Crippen molar-refractivity contribution in [1.82, 2.24) is 24.1 Å². The zero-order chi connectivity index (χ0) is 20.6. The largest absolute Gasteiger partial charge is 0.493 e. The molecule has 29 heavy (non-hydrogen) atoms. The Labute approximate surface area is 173 Å². The Morgan fingerprint density at radius 3 is 2.72 bits per heavy atom. The molecule has 1 atom stereocenters. The maximum Gasteiger partial charge on any atom is 0.234 e. The van der Waals surface area contributed by atoms with Crippen LogP contribution in [0.25, 0.3) is 4.96 Å². The highest BCUT2D eigenvalue weighted by molar-refractivity contribution is 7.88. The molecular formula is C18H23N5O4S2. The van der Waals surface area contributed by atoms with Gasteiger partial charge in [0.15, 0.2) is 17.3 Å². The Hall–Kier alpha value is -2.24. The van der Waals surface area contributed by atoms with E-state index in [1.807, 2.05) is 18.2 Å². The highest BCUT2D eigenvalue weighted by atomic mass is 32.2. The molecular weight excluding hydrogens is 414 g/mol. The molecule has 0 bridgehead atoms. The molecule has 0 saturated carbocycles. The first-order valence-corrected chi connectivity index (χ1v) is 11.9. The number of hydrogen-bond acceptors (Lipinski definition) is 8. The summed E-state index contributed by atoms with van der Waals surface area (Å²) < 4.78 is 37.8. The molecule has 0 radical (unpaired) electrons. The maximum absolute atomic E-state index is 11.9. The van der Waals surface area contributed by atoms with E-state index in [0.717, 1.165) is 29.2 Å². The standard InChI is InChI=1S/C18H23N5O4S2/c1-26-14-7-6-12(9-15(14)27-2)10-16-21-23-17(19-20-18(23)28-16)13-5-4-8-22(11-13)29(3,24)25/h6-7,9,13H,4-5,8,10-11H2,1-3H3. The second kappa shape index (κ2) is 7.88. The Morgan fingerprint density at radius 2 is 2.00 bits per heavy atom. The highest BCUT2D eigenvalue weighted by Crippen LogP contribution is 2.31. The van der Waals surface area contributed by atoms with Crippen LogP contribution >= 0.6 is 11.3 Å². The second-order valence-electron chi connectivity index (χ2n) is 7.07. The molecule has 2 aromatic heterocycles. The van der Waals surface area contributed by atoms with Crippen LogP contribution in [0, 0.1) is 0 Å². The fourth-order valence-corrected chi connectivity index (χ4v) is 5.40. The molecule has 0 amide bonds. The van der Waals surface area contributed by atoms with E-state index in [4.69, 9.17) is 14.6 Å². The van der Waals surface area contributed by atoms with Crippen molar-refractivity contribution in [2.24, 2.45) is 0 Å². The van der Waals surface area contributed by atoms with E-state index in [2.05, 4.69) is 10.2 Å². The van der Waals surface area contributed by atoms with Crippen LogP contribution in [0.15, 0.2) is 18.2 Å². The van der Waals surface area contributed by atoms with Crippen LogP contribution in [0.5, 0.6) is 11.5 Å². The molecule has 3 heterocycles. The quantitative estimate of drug-likeness (QED) is 0.581. The van der Waals surface area contributed by atoms with Crippen molar-refractivity contribution in [2.45, 2.75) is 25.2 Å². The molecule has 3 aromatic rings. The van der Waals surface area contributed by atoms with E-state index in [-0.39, 0.29) is 5.92 Å². The number of benzene rings is 1. The fraction of sp³-hybridized carbons (Fsp3) is 0.500. The van der Waals surface area contributed by atoms with E-state index < -0.39 is 10.0 Å². The first kappa shape index (κ1) is 20.0. The summed E-state index contributed by atoms with van der Waals surface area (Å²) in [5.41, 5.74) is 1.05. The monoisotopic (exact) mass is 437 g/mol. The predicted octanol–water partition coefficient (Wildman–Crippen LogP) is 1.93. The van der Waals surface area contributed by atoms with Crippen molar-refractivity contribution in [3.63, 3.8) is 0 Å². The van der Waals surface area contributed by atoms with Gasteiger partial charge in [0.05, 0.1) is 20.5 Å². The minimum Gasteiger partial charge on any atom is -0.493 e. The summed E-state index contributed by atoms with van der Waals surface area (Å²) in [6.07, 6.45) is 3.55. The van der Waals surface area contributed by atoms with Crippen molar-refractivity contribution < 1.29 is 17.9 Å². The number of piperidine rings is 1. The summed E-state index contributed by atoms with van der Waals surface area (Å²) in [5.74, 6) is 2.08. The molecule has 1 saturated heterocycles. The van der Waals surface area contributed by atoms with E-state index >= 15 is 0 Å². The average molecular weight is 438 g/mol. The lowest BCUT2D eigenvalue weighted by Gasteiger charge is -2.29. The van der Waals surface area contributed by atoms with Crippen LogP contribution < -0.4 is 9.47 Å². The van der Waals surface area contributed by atoms with Crippen LogP contribution in [0.2, 0.25) is 0 Å². The first-order valence-electron chi connectivity index (χ1n) is 9.26. The Kier molecular flexibility index (Phi) is 5.45. The summed E-state index contributed by atoms with van der Waals surface area (Å²) >= 11 is 1.48. The van der Waals surface area contributed by atoms with Gasteiger partial charge < -0.3 is 9.47 Å². The van der Waals surface area contributed by atoms with Crippen molar-refractivity contribution in [3.8, 4) is 11.5 Å². The van der Waals surface area contributed by atoms with E-state index in [0.29, 0.717) is 36.0 Å². The minimum absolute atomic E-state index is 0.00972. The molecule has 0 spiro atoms. The third kappa shape index (κ3) is 4.07. The lowest BCUT2D eigenvalue weighted by molar-refractivity contribution is 0.309. The van der Waals surface area contributed by atoms with Gasteiger partial charge in [-0.3, -0.25) is 0 Å². The number of ether oxygens (including phenoxy) is 2. The number of methoxy groups -OCH3 is 2. The van der Waals surface area contributed by atoms with Gasteiger partial charge in [0.2, 0.25) is 15.0 Å². The molecule has 9 nitrogen and oxygen atoms in total. The third-order valence-corrected chi connectivity index (χ3v) is 7.25. The van der Waals surface area contributed by atoms with Crippen molar-refractivity contribution in [3.05, 3.63) is 34.6 Å². The SMILES string of the molecule is COc1ccc(Cc2nn3c(C4CCCN(S(C)(=O)=O)C4)nnc3s2)cc1OC. The smallest absolute Gasteiger partial charge is 0.234 e. The van der Waals surface area contributed by atoms with Crippen molar-refractivity contribution in [1.29, 1.82) is 0 Å². The normalized spacial score (nSPS) is 18.2. The number of rotatable bonds is 6. The molecule has 1 aliphatic rings. The number of nitrogens with zero attached hydrogens (tertiary/aromatic N) is 5. The molecule has 0 N–H and O–H groups in total. The summed E-state index contributed by atoms with van der Waals surface area (Å²) in [7, 11) is 0.00625. The second-order valence-corrected chi connectivity index (χ2v) is 10.1. The molecule has 1 aromatic carbocycles. The number of aromatic nitrogens is 4. The van der Waals surface area contributed by atoms with Gasteiger partial charge in [0, 0.05) is 25.4 Å². The zero-order valence-corrected chi connectivity index (χ0v) is 18.2. The van der Waals surface area contributed by atoms with Crippen LogP contribution in [0.3, 0.4) is 0 Å². The molecule has 1 unspecified atom stereocenters. The summed E-state index contributed by atoms with van der Waals surface area (Å²) in [5, 5.41) is 14.2. The lowest BCUT2D eigenvalue weighted by atomic mass is 9.99. The van der Waals surface area contributed by atoms with Crippen molar-refractivity contribution >= 4 is 26.3 Å². The number of sulfonamides is 1. The van der Waals surface area contributed by atoms with Crippen LogP contribution in [0.4, 0.5) is 0 Å². The van der Waals surface area contributed by atoms with Gasteiger partial charge in [-0.2, -0.15) is 9.61 Å². The maximum atomic E-state index is 11.9. The van der Waals surface area contributed by atoms with Gasteiger partial charge in [-0.05, 0) is 30.5 Å². The summed E-state index contributed by atoms with van der Waals surface area (Å²) in [6, 6.07) is 5.80. The van der Waals surface area contributed by atoms with E-state index in [9.17, 15) is 8.42 Å². The molecule has 1 aliphatic heterocycles. The zero-order valence-electron chi connectivity index (χ0n) is 16.5. The number of hydrogen-bond donors (Lipinski definition) is 0. The van der Waals surface area contributed by atoms with Gasteiger partial charge >= 0.3 is 0 Å². The lowest BCUT2D eigenvalue weighted by Crippen LogP contribution is -2.38. The van der Waals surface area contributed by atoms with Gasteiger partial charge in [-0.25, -0.2) is 12.7 Å².